The zero-order chi connectivity index (χ0) is 2.00. The molecular formula is CH6ClKO2. The second-order valence-corrected chi connectivity index (χ2v) is 0. The van der Waals surface area contributed by atoms with E-state index in [-0.39, 0.29) is 69.3 Å². The van der Waals surface area contributed by atoms with Crippen LogP contribution in [0.25, 0.3) is 0 Å². The molecule has 0 spiro atoms. The third-order valence-corrected chi connectivity index (χ3v) is 0. The van der Waals surface area contributed by atoms with Gasteiger partial charge in [-0.2, -0.15) is 0 Å². The first-order valence-electron chi connectivity index (χ1n) is 0.447. The van der Waals surface area contributed by atoms with E-state index in [9.17, 15) is 0 Å². The third-order valence-electron chi connectivity index (χ3n) is 0. The molecule has 0 aromatic carbocycles. The van der Waals surface area contributed by atoms with Crippen molar-refractivity contribution in [1.29, 1.82) is 0 Å². The summed E-state index contributed by atoms with van der Waals surface area (Å²) < 4.78 is 0. The fourth-order valence-electron chi connectivity index (χ4n) is 0. The molecule has 30 valence electrons. The molecule has 0 heterocycles. The maximum atomic E-state index is 7.00. The summed E-state index contributed by atoms with van der Waals surface area (Å²) in [7, 11) is 1.00. The standard InChI is InChI=1S/CH4O.ClH.K.H2O/c1-2;;;/h2H,1H3;1H;;1H2/q;;+1;/p-1. The minimum absolute atomic E-state index is 0. The number of halogens is 1. The zero-order valence-corrected chi connectivity index (χ0v) is 7.24. The van der Waals surface area contributed by atoms with Crippen molar-refractivity contribution in [2.45, 2.75) is 0 Å². The molecule has 0 aromatic heterocycles. The molecule has 2 nitrogen and oxygen atoms in total. The van der Waals surface area contributed by atoms with Gasteiger partial charge in [0.25, 0.3) is 0 Å². The second kappa shape index (κ2) is 40.3. The first-order chi connectivity index (χ1) is 1.00. The van der Waals surface area contributed by atoms with Crippen LogP contribution in [-0.4, -0.2) is 17.7 Å². The van der Waals surface area contributed by atoms with Gasteiger partial charge >= 0.3 is 51.4 Å². The minimum Gasteiger partial charge on any atom is -0.870 e. The molecule has 0 unspecified atom stereocenters. The average molecular weight is 125 g/mol. The van der Waals surface area contributed by atoms with Gasteiger partial charge in [0.1, 0.15) is 0 Å². The molecule has 5 heavy (non-hydrogen) atoms. The Bertz CT molecular complexity index is 9.61. The molecule has 0 aromatic rings. The van der Waals surface area contributed by atoms with Crippen LogP contribution >= 0.6 is 12.4 Å². The smallest absolute Gasteiger partial charge is 0.870 e. The van der Waals surface area contributed by atoms with Crippen molar-refractivity contribution in [3.05, 3.63) is 0 Å². The molecular weight excluding hydrogens is 119 g/mol. The number of hydrogen-bond donors (Lipinski definition) is 1. The summed E-state index contributed by atoms with van der Waals surface area (Å²) in [5.41, 5.74) is 0. The molecule has 0 atom stereocenters. The summed E-state index contributed by atoms with van der Waals surface area (Å²) in [5.74, 6) is 0. The summed E-state index contributed by atoms with van der Waals surface area (Å²) in [6.07, 6.45) is 0. The monoisotopic (exact) mass is 124 g/mol. The van der Waals surface area contributed by atoms with Crippen molar-refractivity contribution in [2.24, 2.45) is 0 Å². The average Bonchev–Trinajstić information content (AvgIpc) is 1.00. The third kappa shape index (κ3) is 25.4. The van der Waals surface area contributed by atoms with Gasteiger partial charge in [-0.15, -0.1) is 12.4 Å². The first-order valence-corrected chi connectivity index (χ1v) is 0.447. The Labute approximate surface area is 80.1 Å². The van der Waals surface area contributed by atoms with Crippen LogP contribution in [0.2, 0.25) is 0 Å². The molecule has 0 fully saturated rings. The quantitative estimate of drug-likeness (QED) is 0.347. The first kappa shape index (κ1) is 28.9. The van der Waals surface area contributed by atoms with Crippen LogP contribution in [0.5, 0.6) is 0 Å². The van der Waals surface area contributed by atoms with Gasteiger partial charge in [-0.25, -0.2) is 0 Å². The van der Waals surface area contributed by atoms with E-state index in [1.54, 1.807) is 0 Å². The van der Waals surface area contributed by atoms with Crippen LogP contribution in [-0.2, 0) is 0 Å². The van der Waals surface area contributed by atoms with Crippen molar-refractivity contribution in [1.82, 2.24) is 0 Å². The van der Waals surface area contributed by atoms with E-state index >= 15 is 0 Å². The Hall–Kier alpha value is 1.85. The van der Waals surface area contributed by atoms with Crippen LogP contribution in [0, 0.1) is 0 Å². The molecule has 0 saturated heterocycles. The number of hydrogen-bond acceptors (Lipinski definition) is 2. The zero-order valence-electron chi connectivity index (χ0n) is 3.30. The van der Waals surface area contributed by atoms with E-state index in [1.807, 2.05) is 0 Å². The predicted molar refractivity (Wildman–Crippen MR) is 17.3 cm³/mol. The van der Waals surface area contributed by atoms with E-state index in [4.69, 9.17) is 5.11 Å². The SMILES string of the molecule is CO.Cl.[K+].[OH-]. The summed E-state index contributed by atoms with van der Waals surface area (Å²) in [6.45, 7) is 0. The van der Waals surface area contributed by atoms with Gasteiger partial charge in [-0.3, -0.25) is 0 Å². The molecule has 0 aliphatic rings. The second-order valence-electron chi connectivity index (χ2n) is 0. The molecule has 0 rings (SSSR count). The van der Waals surface area contributed by atoms with Gasteiger partial charge < -0.3 is 10.6 Å². The van der Waals surface area contributed by atoms with Crippen LogP contribution < -0.4 is 51.4 Å². The molecule has 0 saturated carbocycles. The van der Waals surface area contributed by atoms with Gasteiger partial charge in [0.2, 0.25) is 0 Å². The Morgan fingerprint density at radius 1 is 1.20 bits per heavy atom. The molecule has 2 N–H and O–H groups in total. The van der Waals surface area contributed by atoms with Crippen LogP contribution in [0.4, 0.5) is 0 Å². The Kier molecular flexibility index (Phi) is 233. The summed E-state index contributed by atoms with van der Waals surface area (Å²) in [6, 6.07) is 0. The summed E-state index contributed by atoms with van der Waals surface area (Å²) >= 11 is 0. The van der Waals surface area contributed by atoms with E-state index < -0.39 is 0 Å². The van der Waals surface area contributed by atoms with Crippen LogP contribution in [0.1, 0.15) is 0 Å². The van der Waals surface area contributed by atoms with Crippen LogP contribution in [0.3, 0.4) is 0 Å². The maximum absolute atomic E-state index is 7.00. The number of aliphatic hydroxyl groups excluding tert-OH is 1. The van der Waals surface area contributed by atoms with Gasteiger partial charge in [0, 0.05) is 7.11 Å². The Morgan fingerprint density at radius 2 is 1.20 bits per heavy atom. The summed E-state index contributed by atoms with van der Waals surface area (Å²) in [5, 5.41) is 7.00. The van der Waals surface area contributed by atoms with Crippen molar-refractivity contribution >= 4 is 12.4 Å². The van der Waals surface area contributed by atoms with Gasteiger partial charge in [-0.05, 0) is 0 Å². The maximum Gasteiger partial charge on any atom is 1.00 e. The van der Waals surface area contributed by atoms with Gasteiger partial charge in [-0.1, -0.05) is 0 Å². The Balaban J connectivity index is -0.00000000167. The summed E-state index contributed by atoms with van der Waals surface area (Å²) in [4.78, 5) is 0. The van der Waals surface area contributed by atoms with E-state index in [0.29, 0.717) is 0 Å². The molecule has 0 aliphatic heterocycles. The molecule has 0 bridgehead atoms. The molecule has 0 amide bonds. The largest absolute Gasteiger partial charge is 1.00 e. The minimum atomic E-state index is 0. The molecule has 0 aliphatic carbocycles. The van der Waals surface area contributed by atoms with E-state index in [1.165, 1.54) is 0 Å². The predicted octanol–water partition coefficient (Wildman–Crippen LogP) is -3.14. The van der Waals surface area contributed by atoms with Crippen molar-refractivity contribution in [2.75, 3.05) is 7.11 Å². The topological polar surface area (TPSA) is 50.2 Å². The van der Waals surface area contributed by atoms with Crippen molar-refractivity contribution in [3.63, 3.8) is 0 Å². The van der Waals surface area contributed by atoms with E-state index in [0.717, 1.165) is 7.11 Å². The number of aliphatic hydroxyl groups is 1. The van der Waals surface area contributed by atoms with E-state index in [2.05, 4.69) is 0 Å². The van der Waals surface area contributed by atoms with Crippen LogP contribution in [0.15, 0.2) is 0 Å². The van der Waals surface area contributed by atoms with Crippen molar-refractivity contribution in [3.8, 4) is 0 Å². The van der Waals surface area contributed by atoms with Crippen molar-refractivity contribution < 1.29 is 62.0 Å². The normalized spacial score (nSPS) is 1.20. The Morgan fingerprint density at radius 3 is 1.20 bits per heavy atom. The molecule has 4 heteroatoms. The fourth-order valence-corrected chi connectivity index (χ4v) is 0. The number of rotatable bonds is 0. The molecule has 0 radical (unpaired) electrons. The van der Waals surface area contributed by atoms with Gasteiger partial charge in [0.15, 0.2) is 0 Å². The van der Waals surface area contributed by atoms with Gasteiger partial charge in [0.05, 0.1) is 0 Å². The fraction of sp³-hybridized carbons (Fsp3) is 1.00.